The number of amides is 1. The molecule has 1 amide bonds. The molecule has 7 heteroatoms. The first-order valence-corrected chi connectivity index (χ1v) is 9.56. The van der Waals surface area contributed by atoms with Gasteiger partial charge in [0, 0.05) is 37.6 Å². The van der Waals surface area contributed by atoms with Gasteiger partial charge in [-0.2, -0.15) is 0 Å². The van der Waals surface area contributed by atoms with Crippen molar-refractivity contribution in [1.29, 1.82) is 0 Å². The van der Waals surface area contributed by atoms with Crippen LogP contribution >= 0.6 is 0 Å². The molecule has 0 unspecified atom stereocenters. The maximum absolute atomic E-state index is 12.8. The van der Waals surface area contributed by atoms with E-state index in [1.165, 1.54) is 0 Å². The maximum atomic E-state index is 12.8. The zero-order valence-corrected chi connectivity index (χ0v) is 16.2. The molecule has 1 fully saturated rings. The molecule has 1 saturated heterocycles. The van der Waals surface area contributed by atoms with Crippen LogP contribution in [0.3, 0.4) is 0 Å². The molecule has 2 aromatic heterocycles. The fourth-order valence-electron chi connectivity index (χ4n) is 3.50. The highest BCUT2D eigenvalue weighted by Gasteiger charge is 2.27. The van der Waals surface area contributed by atoms with E-state index >= 15 is 0 Å². The summed E-state index contributed by atoms with van der Waals surface area (Å²) in [6.45, 7) is 1.33. The summed E-state index contributed by atoms with van der Waals surface area (Å²) in [5.41, 5.74) is 1.42. The van der Waals surface area contributed by atoms with Crippen LogP contribution < -0.4 is 9.47 Å². The van der Waals surface area contributed by atoms with Gasteiger partial charge in [-0.1, -0.05) is 12.1 Å². The highest BCUT2D eigenvalue weighted by molar-refractivity contribution is 5.94. The molecule has 0 bridgehead atoms. The lowest BCUT2D eigenvalue weighted by Gasteiger charge is -2.32. The normalized spacial score (nSPS) is 16.3. The van der Waals surface area contributed by atoms with Gasteiger partial charge in [-0.15, -0.1) is 0 Å². The Morgan fingerprint density at radius 1 is 1.07 bits per heavy atom. The van der Waals surface area contributed by atoms with E-state index in [1.54, 1.807) is 44.0 Å². The standard InChI is InChI=1S/C22H22N4O3/c1-28-19-8-2-3-9-20(19)29-21-14-24-13-18(25-21)17-7-5-11-26(15-17)22(27)16-6-4-10-23-12-16/h2-4,6,8-10,12-14,17H,5,7,11,15H2,1H3/t17-/m1/s1. The van der Waals surface area contributed by atoms with E-state index in [0.29, 0.717) is 29.5 Å². The van der Waals surface area contributed by atoms with Crippen molar-refractivity contribution in [3.05, 3.63) is 72.4 Å². The summed E-state index contributed by atoms with van der Waals surface area (Å²) in [7, 11) is 1.60. The van der Waals surface area contributed by atoms with Crippen LogP contribution in [0.4, 0.5) is 0 Å². The number of para-hydroxylation sites is 2. The minimum absolute atomic E-state index is 0.00261. The third kappa shape index (κ3) is 4.34. The van der Waals surface area contributed by atoms with Crippen LogP contribution in [0.2, 0.25) is 0 Å². The number of carbonyl (C=O) groups is 1. The Morgan fingerprint density at radius 2 is 1.93 bits per heavy atom. The molecule has 148 valence electrons. The van der Waals surface area contributed by atoms with Crippen LogP contribution in [-0.4, -0.2) is 46.0 Å². The Morgan fingerprint density at radius 3 is 2.72 bits per heavy atom. The summed E-state index contributed by atoms with van der Waals surface area (Å²) < 4.78 is 11.2. The molecule has 0 spiro atoms. The topological polar surface area (TPSA) is 77.4 Å². The second-order valence-electron chi connectivity index (χ2n) is 6.87. The number of nitrogens with zero attached hydrogens (tertiary/aromatic N) is 4. The predicted octanol–water partition coefficient (Wildman–Crippen LogP) is 3.69. The molecule has 4 rings (SSSR count). The fraction of sp³-hybridized carbons (Fsp3) is 0.273. The first-order valence-electron chi connectivity index (χ1n) is 9.56. The molecule has 3 heterocycles. The second kappa shape index (κ2) is 8.68. The number of piperidine rings is 1. The summed E-state index contributed by atoms with van der Waals surface area (Å²) in [6, 6.07) is 11.0. The van der Waals surface area contributed by atoms with Crippen molar-refractivity contribution in [2.75, 3.05) is 20.2 Å². The first kappa shape index (κ1) is 18.9. The number of hydrogen-bond acceptors (Lipinski definition) is 6. The van der Waals surface area contributed by atoms with Crippen molar-refractivity contribution in [1.82, 2.24) is 19.9 Å². The van der Waals surface area contributed by atoms with Gasteiger partial charge in [-0.3, -0.25) is 14.8 Å². The van der Waals surface area contributed by atoms with Gasteiger partial charge in [-0.05, 0) is 37.1 Å². The Labute approximate surface area is 169 Å². The largest absolute Gasteiger partial charge is 0.493 e. The van der Waals surface area contributed by atoms with E-state index in [-0.39, 0.29) is 11.8 Å². The molecule has 7 nitrogen and oxygen atoms in total. The average Bonchev–Trinajstić information content (AvgIpc) is 2.80. The van der Waals surface area contributed by atoms with Crippen LogP contribution in [0.25, 0.3) is 0 Å². The van der Waals surface area contributed by atoms with Crippen molar-refractivity contribution in [3.63, 3.8) is 0 Å². The smallest absolute Gasteiger partial charge is 0.255 e. The SMILES string of the molecule is COc1ccccc1Oc1cncc([C@@H]2CCCN(C(=O)c3cccnc3)C2)n1. The van der Waals surface area contributed by atoms with Gasteiger partial charge >= 0.3 is 0 Å². The van der Waals surface area contributed by atoms with Gasteiger partial charge in [-0.25, -0.2) is 4.98 Å². The van der Waals surface area contributed by atoms with Gasteiger partial charge in [0.25, 0.3) is 5.91 Å². The van der Waals surface area contributed by atoms with E-state index in [4.69, 9.17) is 9.47 Å². The number of aromatic nitrogens is 3. The van der Waals surface area contributed by atoms with E-state index in [9.17, 15) is 4.79 Å². The summed E-state index contributed by atoms with van der Waals surface area (Å²) in [5.74, 6) is 1.72. The number of pyridine rings is 1. The Balaban J connectivity index is 1.50. The van der Waals surface area contributed by atoms with Gasteiger partial charge in [0.2, 0.25) is 5.88 Å². The quantitative estimate of drug-likeness (QED) is 0.661. The van der Waals surface area contributed by atoms with Gasteiger partial charge in [0.05, 0.1) is 24.6 Å². The lowest BCUT2D eigenvalue weighted by atomic mass is 9.94. The van der Waals surface area contributed by atoms with Crippen LogP contribution in [0.5, 0.6) is 17.4 Å². The number of ether oxygens (including phenoxy) is 2. The fourth-order valence-corrected chi connectivity index (χ4v) is 3.50. The molecule has 1 aromatic carbocycles. The van der Waals surface area contributed by atoms with E-state index in [2.05, 4.69) is 15.0 Å². The average molecular weight is 390 g/mol. The van der Waals surface area contributed by atoms with Crippen LogP contribution in [0, 0.1) is 0 Å². The molecule has 1 atom stereocenters. The van der Waals surface area contributed by atoms with E-state index < -0.39 is 0 Å². The lowest BCUT2D eigenvalue weighted by molar-refractivity contribution is 0.0705. The van der Waals surface area contributed by atoms with Crippen molar-refractivity contribution in [2.45, 2.75) is 18.8 Å². The van der Waals surface area contributed by atoms with Crippen molar-refractivity contribution < 1.29 is 14.3 Å². The van der Waals surface area contributed by atoms with Crippen LogP contribution in [0.15, 0.2) is 61.2 Å². The van der Waals surface area contributed by atoms with Crippen LogP contribution in [0.1, 0.15) is 34.8 Å². The van der Waals surface area contributed by atoms with E-state index in [1.807, 2.05) is 29.2 Å². The molecule has 0 saturated carbocycles. The van der Waals surface area contributed by atoms with Crippen LogP contribution in [-0.2, 0) is 0 Å². The number of rotatable bonds is 5. The molecule has 1 aliphatic heterocycles. The molecule has 0 aliphatic carbocycles. The summed E-state index contributed by atoms with van der Waals surface area (Å²) >= 11 is 0. The third-order valence-electron chi connectivity index (χ3n) is 4.95. The van der Waals surface area contributed by atoms with Gasteiger partial charge in [0.15, 0.2) is 11.5 Å². The highest BCUT2D eigenvalue weighted by atomic mass is 16.5. The lowest BCUT2D eigenvalue weighted by Crippen LogP contribution is -2.39. The minimum atomic E-state index is -0.00261. The van der Waals surface area contributed by atoms with Crippen molar-refractivity contribution in [3.8, 4) is 17.4 Å². The molecular weight excluding hydrogens is 368 g/mol. The molecular formula is C22H22N4O3. The molecule has 1 aliphatic rings. The molecule has 0 radical (unpaired) electrons. The van der Waals surface area contributed by atoms with Gasteiger partial charge < -0.3 is 14.4 Å². The number of hydrogen-bond donors (Lipinski definition) is 0. The number of methoxy groups -OCH3 is 1. The Hall–Kier alpha value is -3.48. The summed E-state index contributed by atoms with van der Waals surface area (Å²) in [4.78, 5) is 27.6. The zero-order chi connectivity index (χ0) is 20.1. The summed E-state index contributed by atoms with van der Waals surface area (Å²) in [6.07, 6.45) is 8.46. The Bertz CT molecular complexity index is 981. The Kier molecular flexibility index (Phi) is 5.65. The summed E-state index contributed by atoms with van der Waals surface area (Å²) in [5, 5.41) is 0. The van der Waals surface area contributed by atoms with E-state index in [0.717, 1.165) is 25.1 Å². The molecule has 3 aromatic rings. The predicted molar refractivity (Wildman–Crippen MR) is 107 cm³/mol. The number of carbonyl (C=O) groups excluding carboxylic acids is 1. The zero-order valence-electron chi connectivity index (χ0n) is 16.2. The number of likely N-dealkylation sites (tertiary alicyclic amines) is 1. The molecule has 29 heavy (non-hydrogen) atoms. The van der Waals surface area contributed by atoms with Crippen molar-refractivity contribution >= 4 is 5.91 Å². The molecule has 0 N–H and O–H groups in total. The second-order valence-corrected chi connectivity index (χ2v) is 6.87. The third-order valence-corrected chi connectivity index (χ3v) is 4.95. The first-order chi connectivity index (χ1) is 14.2. The number of benzene rings is 1. The monoisotopic (exact) mass is 390 g/mol. The maximum Gasteiger partial charge on any atom is 0.255 e. The van der Waals surface area contributed by atoms with Crippen molar-refractivity contribution in [2.24, 2.45) is 0 Å². The van der Waals surface area contributed by atoms with Gasteiger partial charge in [0.1, 0.15) is 0 Å². The highest BCUT2D eigenvalue weighted by Crippen LogP contribution is 2.31. The minimum Gasteiger partial charge on any atom is -0.493 e.